The molecule has 1 nitrogen and oxygen atoms in total. The lowest BCUT2D eigenvalue weighted by molar-refractivity contribution is 0.218. The lowest BCUT2D eigenvalue weighted by atomic mass is 9.89. The predicted octanol–water partition coefficient (Wildman–Crippen LogP) is 2.75. The van der Waals surface area contributed by atoms with E-state index in [1.807, 2.05) is 6.92 Å². The van der Waals surface area contributed by atoms with Gasteiger partial charge in [0.2, 0.25) is 0 Å². The first-order valence-electron chi connectivity index (χ1n) is 5.34. The summed E-state index contributed by atoms with van der Waals surface area (Å²) in [5.41, 5.74) is 3.26. The zero-order valence-electron chi connectivity index (χ0n) is 9.09. The fourth-order valence-corrected chi connectivity index (χ4v) is 3.30. The third-order valence-electron chi connectivity index (χ3n) is 4.16. The number of hydrogen-bond acceptors (Lipinski definition) is 1. The summed E-state index contributed by atoms with van der Waals surface area (Å²) in [6, 6.07) is 0. The quantitative estimate of drug-likeness (QED) is 0.615. The highest BCUT2D eigenvalue weighted by molar-refractivity contribution is 5.33. The number of fused-ring (bicyclic) bond motifs is 1. The Balaban J connectivity index is 2.31. The summed E-state index contributed by atoms with van der Waals surface area (Å²) >= 11 is 0. The van der Waals surface area contributed by atoms with Crippen LogP contribution in [0.1, 0.15) is 40.5 Å². The Kier molecular flexibility index (Phi) is 1.85. The molecule has 0 radical (unpaired) electrons. The number of hydrogen-bond donors (Lipinski definition) is 1. The van der Waals surface area contributed by atoms with Crippen LogP contribution in [0.25, 0.3) is 0 Å². The van der Waals surface area contributed by atoms with E-state index in [2.05, 4.69) is 20.8 Å². The first kappa shape index (κ1) is 9.26. The van der Waals surface area contributed by atoms with Crippen LogP contribution in [0.2, 0.25) is 0 Å². The van der Waals surface area contributed by atoms with Crippen LogP contribution < -0.4 is 0 Å². The van der Waals surface area contributed by atoms with Gasteiger partial charge in [-0.15, -0.1) is 0 Å². The van der Waals surface area contributed by atoms with Crippen LogP contribution in [-0.2, 0) is 0 Å². The Morgan fingerprint density at radius 2 is 2.08 bits per heavy atom. The van der Waals surface area contributed by atoms with Crippen LogP contribution in [0.4, 0.5) is 0 Å². The molecule has 74 valence electrons. The van der Waals surface area contributed by atoms with Gasteiger partial charge in [0, 0.05) is 0 Å². The van der Waals surface area contributed by atoms with Gasteiger partial charge in [-0.1, -0.05) is 19.4 Å². The Morgan fingerprint density at radius 3 is 2.54 bits per heavy atom. The topological polar surface area (TPSA) is 20.2 Å². The van der Waals surface area contributed by atoms with E-state index in [1.54, 1.807) is 0 Å². The second kappa shape index (κ2) is 2.60. The highest BCUT2D eigenvalue weighted by atomic mass is 16.3. The van der Waals surface area contributed by atoms with Gasteiger partial charge in [0.05, 0.1) is 6.10 Å². The van der Waals surface area contributed by atoms with E-state index in [0.29, 0.717) is 11.3 Å². The molecule has 0 aromatic carbocycles. The Labute approximate surface area is 80.8 Å². The molecular formula is C12H20O. The molecule has 3 atom stereocenters. The minimum Gasteiger partial charge on any atom is -0.389 e. The van der Waals surface area contributed by atoms with Gasteiger partial charge in [-0.05, 0) is 49.5 Å². The first-order valence-corrected chi connectivity index (χ1v) is 5.34. The standard InChI is InChI=1S/C12H20O/c1-7-5-6-9-11(12(9,3)4)10(7)8(2)13/h8-9,11,13H,5-6H2,1-4H3/t8-,9-,11-/m1/s1. The zero-order valence-corrected chi connectivity index (χ0v) is 9.09. The van der Waals surface area contributed by atoms with Gasteiger partial charge in [0.25, 0.3) is 0 Å². The molecule has 0 aromatic rings. The molecule has 0 amide bonds. The molecule has 2 aliphatic rings. The van der Waals surface area contributed by atoms with Crippen LogP contribution in [0, 0.1) is 17.3 Å². The van der Waals surface area contributed by atoms with Crippen LogP contribution in [0.5, 0.6) is 0 Å². The van der Waals surface area contributed by atoms with Gasteiger partial charge < -0.3 is 5.11 Å². The van der Waals surface area contributed by atoms with E-state index in [9.17, 15) is 5.11 Å². The maximum absolute atomic E-state index is 9.72. The van der Waals surface area contributed by atoms with Crippen molar-refractivity contribution < 1.29 is 5.11 Å². The monoisotopic (exact) mass is 180 g/mol. The van der Waals surface area contributed by atoms with Crippen LogP contribution in [-0.4, -0.2) is 11.2 Å². The molecule has 1 saturated carbocycles. The lowest BCUT2D eigenvalue weighted by Crippen LogP contribution is -2.13. The molecule has 0 aromatic heterocycles. The third kappa shape index (κ3) is 1.17. The smallest absolute Gasteiger partial charge is 0.0727 e. The van der Waals surface area contributed by atoms with E-state index < -0.39 is 0 Å². The molecule has 0 aliphatic heterocycles. The number of allylic oxidation sites excluding steroid dienone is 1. The van der Waals surface area contributed by atoms with Crippen molar-refractivity contribution in [1.82, 2.24) is 0 Å². The molecule has 2 aliphatic carbocycles. The molecule has 13 heavy (non-hydrogen) atoms. The van der Waals surface area contributed by atoms with E-state index in [4.69, 9.17) is 0 Å². The van der Waals surface area contributed by atoms with Crippen LogP contribution in [0.3, 0.4) is 0 Å². The van der Waals surface area contributed by atoms with Crippen molar-refractivity contribution in [1.29, 1.82) is 0 Å². The predicted molar refractivity (Wildman–Crippen MR) is 54.4 cm³/mol. The molecular weight excluding hydrogens is 160 g/mol. The van der Waals surface area contributed by atoms with Crippen molar-refractivity contribution in [2.75, 3.05) is 0 Å². The number of rotatable bonds is 1. The first-order chi connectivity index (χ1) is 5.96. The van der Waals surface area contributed by atoms with Crippen molar-refractivity contribution in [3.63, 3.8) is 0 Å². The van der Waals surface area contributed by atoms with Crippen LogP contribution in [0.15, 0.2) is 11.1 Å². The Hall–Kier alpha value is -0.300. The molecule has 2 rings (SSSR count). The minimum absolute atomic E-state index is 0.227. The summed E-state index contributed by atoms with van der Waals surface area (Å²) in [5, 5.41) is 9.72. The maximum Gasteiger partial charge on any atom is 0.0727 e. The van der Waals surface area contributed by atoms with E-state index in [0.717, 1.165) is 5.92 Å². The molecule has 1 fully saturated rings. The molecule has 0 unspecified atom stereocenters. The van der Waals surface area contributed by atoms with Gasteiger partial charge in [-0.25, -0.2) is 0 Å². The zero-order chi connectivity index (χ0) is 9.80. The van der Waals surface area contributed by atoms with E-state index >= 15 is 0 Å². The summed E-state index contributed by atoms with van der Waals surface area (Å²) < 4.78 is 0. The highest BCUT2D eigenvalue weighted by Crippen LogP contribution is 2.66. The maximum atomic E-state index is 9.72. The summed E-state index contributed by atoms with van der Waals surface area (Å²) in [4.78, 5) is 0. The minimum atomic E-state index is -0.227. The summed E-state index contributed by atoms with van der Waals surface area (Å²) in [5.74, 6) is 1.53. The van der Waals surface area contributed by atoms with Crippen molar-refractivity contribution in [3.05, 3.63) is 11.1 Å². The SMILES string of the molecule is CC1=C([C@@H](C)O)[C@H]2[C@@H](CC1)C2(C)C. The van der Waals surface area contributed by atoms with Crippen LogP contribution >= 0.6 is 0 Å². The third-order valence-corrected chi connectivity index (χ3v) is 4.16. The van der Waals surface area contributed by atoms with Crippen molar-refractivity contribution in [2.24, 2.45) is 17.3 Å². The number of aliphatic hydroxyl groups is 1. The van der Waals surface area contributed by atoms with E-state index in [-0.39, 0.29) is 6.10 Å². The van der Waals surface area contributed by atoms with Crippen molar-refractivity contribution in [3.8, 4) is 0 Å². The van der Waals surface area contributed by atoms with Gasteiger partial charge in [-0.2, -0.15) is 0 Å². The normalized spacial score (nSPS) is 38.5. The highest BCUT2D eigenvalue weighted by Gasteiger charge is 2.60. The molecule has 0 heterocycles. The molecule has 0 saturated heterocycles. The van der Waals surface area contributed by atoms with Gasteiger partial charge in [-0.3, -0.25) is 0 Å². The largest absolute Gasteiger partial charge is 0.389 e. The molecule has 1 heteroatoms. The summed E-state index contributed by atoms with van der Waals surface area (Å²) in [7, 11) is 0. The van der Waals surface area contributed by atoms with Gasteiger partial charge >= 0.3 is 0 Å². The second-order valence-corrected chi connectivity index (χ2v) is 5.36. The molecule has 0 spiro atoms. The molecule has 1 N–H and O–H groups in total. The molecule has 0 bridgehead atoms. The summed E-state index contributed by atoms with van der Waals surface area (Å²) in [6.07, 6.45) is 2.31. The lowest BCUT2D eigenvalue weighted by Gasteiger charge is -2.19. The van der Waals surface area contributed by atoms with E-state index in [1.165, 1.54) is 24.0 Å². The Bertz CT molecular complexity index is 260. The fraction of sp³-hybridized carbons (Fsp3) is 0.833. The fourth-order valence-electron chi connectivity index (χ4n) is 3.30. The van der Waals surface area contributed by atoms with Gasteiger partial charge in [0.15, 0.2) is 0 Å². The van der Waals surface area contributed by atoms with Crippen molar-refractivity contribution in [2.45, 2.75) is 46.6 Å². The number of aliphatic hydroxyl groups excluding tert-OH is 1. The average molecular weight is 180 g/mol. The second-order valence-electron chi connectivity index (χ2n) is 5.36. The summed E-state index contributed by atoms with van der Waals surface area (Å²) in [6.45, 7) is 8.77. The van der Waals surface area contributed by atoms with Crippen molar-refractivity contribution >= 4 is 0 Å². The Morgan fingerprint density at radius 1 is 1.46 bits per heavy atom. The van der Waals surface area contributed by atoms with Gasteiger partial charge in [0.1, 0.15) is 0 Å². The average Bonchev–Trinajstić information content (AvgIpc) is 2.53.